The molecule has 0 spiro atoms. The minimum absolute atomic E-state index is 0.0110. The Kier molecular flexibility index (Phi) is 5.91. The van der Waals surface area contributed by atoms with Crippen LogP contribution >= 0.6 is 0 Å². The van der Waals surface area contributed by atoms with Crippen molar-refractivity contribution < 1.29 is 9.59 Å². The summed E-state index contributed by atoms with van der Waals surface area (Å²) in [7, 11) is 0. The summed E-state index contributed by atoms with van der Waals surface area (Å²) in [5.74, 6) is -0.0790. The van der Waals surface area contributed by atoms with Gasteiger partial charge in [-0.05, 0) is 35.7 Å². The second kappa shape index (κ2) is 8.54. The largest absolute Gasteiger partial charge is 0.361 e. The van der Waals surface area contributed by atoms with E-state index in [-0.39, 0.29) is 17.7 Å². The average Bonchev–Trinajstić information content (AvgIpc) is 3.08. The molecule has 27 heavy (non-hydrogen) atoms. The molecule has 0 aliphatic carbocycles. The summed E-state index contributed by atoms with van der Waals surface area (Å²) in [5, 5.41) is 6.99. The molecular formula is C22H25N3O2. The van der Waals surface area contributed by atoms with Crippen LogP contribution in [0.1, 0.15) is 31.4 Å². The highest BCUT2D eigenvalue weighted by Gasteiger charge is 2.09. The van der Waals surface area contributed by atoms with Crippen molar-refractivity contribution in [2.24, 2.45) is 5.92 Å². The predicted molar refractivity (Wildman–Crippen MR) is 108 cm³/mol. The smallest absolute Gasteiger partial charge is 0.226 e. The van der Waals surface area contributed by atoms with Gasteiger partial charge in [-0.15, -0.1) is 0 Å². The highest BCUT2D eigenvalue weighted by atomic mass is 16.2. The third kappa shape index (κ3) is 4.97. The monoisotopic (exact) mass is 363 g/mol. The fraction of sp³-hybridized carbons (Fsp3) is 0.273. The summed E-state index contributed by atoms with van der Waals surface area (Å²) in [4.78, 5) is 27.2. The molecule has 0 saturated carbocycles. The Morgan fingerprint density at radius 1 is 1.07 bits per heavy atom. The normalized spacial score (nSPS) is 10.9. The molecule has 1 heterocycles. The molecule has 3 rings (SSSR count). The molecule has 0 atom stereocenters. The van der Waals surface area contributed by atoms with Gasteiger partial charge in [0.2, 0.25) is 11.8 Å². The zero-order valence-corrected chi connectivity index (χ0v) is 15.7. The van der Waals surface area contributed by atoms with Crippen LogP contribution in [0.2, 0.25) is 0 Å². The minimum Gasteiger partial charge on any atom is -0.361 e. The lowest BCUT2D eigenvalue weighted by Crippen LogP contribution is -2.23. The van der Waals surface area contributed by atoms with Crippen LogP contribution in [0.4, 0.5) is 5.69 Å². The van der Waals surface area contributed by atoms with E-state index in [4.69, 9.17) is 0 Å². The van der Waals surface area contributed by atoms with Crippen molar-refractivity contribution in [1.29, 1.82) is 0 Å². The quantitative estimate of drug-likeness (QED) is 0.593. The van der Waals surface area contributed by atoms with E-state index in [0.29, 0.717) is 19.4 Å². The van der Waals surface area contributed by atoms with Gasteiger partial charge in [0.15, 0.2) is 0 Å². The summed E-state index contributed by atoms with van der Waals surface area (Å²) in [5.41, 5.74) is 3.95. The zero-order valence-electron chi connectivity index (χ0n) is 15.7. The van der Waals surface area contributed by atoms with Crippen LogP contribution in [-0.2, 0) is 22.6 Å². The van der Waals surface area contributed by atoms with Crippen LogP contribution in [0.15, 0.2) is 54.7 Å². The van der Waals surface area contributed by atoms with Crippen molar-refractivity contribution in [2.45, 2.75) is 33.2 Å². The molecule has 0 radical (unpaired) electrons. The lowest BCUT2D eigenvalue weighted by Gasteiger charge is -2.10. The predicted octanol–water partition coefficient (Wildman–Crippen LogP) is 4.01. The Balaban J connectivity index is 1.51. The topological polar surface area (TPSA) is 74.0 Å². The fourth-order valence-corrected chi connectivity index (χ4v) is 2.92. The maximum atomic E-state index is 12.2. The third-order valence-electron chi connectivity index (χ3n) is 4.50. The number of aromatic nitrogens is 1. The molecule has 0 bridgehead atoms. The number of nitrogens with one attached hydrogen (secondary N) is 3. The fourth-order valence-electron chi connectivity index (χ4n) is 2.92. The lowest BCUT2D eigenvalue weighted by atomic mass is 10.1. The highest BCUT2D eigenvalue weighted by molar-refractivity contribution is 5.92. The molecule has 0 unspecified atom stereocenters. The lowest BCUT2D eigenvalue weighted by molar-refractivity contribution is -0.121. The molecule has 140 valence electrons. The Bertz CT molecular complexity index is 943. The Morgan fingerprint density at radius 2 is 1.89 bits per heavy atom. The number of hydrogen-bond acceptors (Lipinski definition) is 2. The Morgan fingerprint density at radius 3 is 2.70 bits per heavy atom. The van der Waals surface area contributed by atoms with Crippen LogP contribution in [0.5, 0.6) is 0 Å². The third-order valence-corrected chi connectivity index (χ3v) is 4.50. The number of anilines is 1. The maximum Gasteiger partial charge on any atom is 0.226 e. The molecule has 2 amide bonds. The van der Waals surface area contributed by atoms with Crippen LogP contribution in [0.25, 0.3) is 10.9 Å². The Labute approximate surface area is 159 Å². The average molecular weight is 363 g/mol. The van der Waals surface area contributed by atoms with Gasteiger partial charge in [-0.1, -0.05) is 44.2 Å². The standard InChI is InChI=1S/C22H25N3O2/c1-15(2)22(27)25-18-7-5-6-16(12-18)13-24-21(26)11-10-17-14-23-20-9-4-3-8-19(17)20/h3-9,12,14-15,23H,10-11,13H2,1-2H3,(H,24,26)(H,25,27). The number of amides is 2. The number of rotatable bonds is 7. The number of benzene rings is 2. The van der Waals surface area contributed by atoms with Crippen molar-refractivity contribution in [3.8, 4) is 0 Å². The maximum absolute atomic E-state index is 12.2. The van der Waals surface area contributed by atoms with E-state index < -0.39 is 0 Å². The van der Waals surface area contributed by atoms with Crippen LogP contribution in [-0.4, -0.2) is 16.8 Å². The van der Waals surface area contributed by atoms with Crippen molar-refractivity contribution in [3.05, 3.63) is 65.9 Å². The molecule has 3 N–H and O–H groups in total. The van der Waals surface area contributed by atoms with Crippen LogP contribution < -0.4 is 10.6 Å². The molecular weight excluding hydrogens is 338 g/mol. The molecule has 2 aromatic carbocycles. The van der Waals surface area contributed by atoms with E-state index in [1.165, 1.54) is 5.39 Å². The van der Waals surface area contributed by atoms with Crippen LogP contribution in [0.3, 0.4) is 0 Å². The van der Waals surface area contributed by atoms with Crippen LogP contribution in [0, 0.1) is 5.92 Å². The molecule has 5 nitrogen and oxygen atoms in total. The van der Waals surface area contributed by atoms with Gasteiger partial charge in [-0.3, -0.25) is 9.59 Å². The van der Waals surface area contributed by atoms with Crippen molar-refractivity contribution in [2.75, 3.05) is 5.32 Å². The first-order valence-electron chi connectivity index (χ1n) is 9.24. The number of hydrogen-bond donors (Lipinski definition) is 3. The number of aryl methyl sites for hydroxylation is 1. The van der Waals surface area contributed by atoms with Gasteiger partial charge >= 0.3 is 0 Å². The number of carbonyl (C=O) groups is 2. The number of carbonyl (C=O) groups excluding carboxylic acids is 2. The Hall–Kier alpha value is -3.08. The summed E-state index contributed by atoms with van der Waals surface area (Å²) < 4.78 is 0. The summed E-state index contributed by atoms with van der Waals surface area (Å²) in [6.45, 7) is 4.15. The molecule has 0 aliphatic heterocycles. The first-order chi connectivity index (χ1) is 13.0. The highest BCUT2D eigenvalue weighted by Crippen LogP contribution is 2.19. The van der Waals surface area contributed by atoms with Gasteiger partial charge in [0, 0.05) is 41.7 Å². The number of fused-ring (bicyclic) bond motifs is 1. The van der Waals surface area contributed by atoms with Crippen molar-refractivity contribution >= 4 is 28.4 Å². The number of H-pyrrole nitrogens is 1. The first-order valence-corrected chi connectivity index (χ1v) is 9.24. The molecule has 5 heteroatoms. The van der Waals surface area contributed by atoms with E-state index in [2.05, 4.69) is 21.7 Å². The molecule has 3 aromatic rings. The van der Waals surface area contributed by atoms with Gasteiger partial charge < -0.3 is 15.6 Å². The summed E-state index contributed by atoms with van der Waals surface area (Å²) >= 11 is 0. The molecule has 0 saturated heterocycles. The van der Waals surface area contributed by atoms with Gasteiger partial charge in [0.05, 0.1) is 0 Å². The van der Waals surface area contributed by atoms with Gasteiger partial charge in [-0.2, -0.15) is 0 Å². The van der Waals surface area contributed by atoms with E-state index in [0.717, 1.165) is 22.3 Å². The SMILES string of the molecule is CC(C)C(=O)Nc1cccc(CNC(=O)CCc2c[nH]c3ccccc23)c1. The number of para-hydroxylation sites is 1. The molecule has 1 aromatic heterocycles. The summed E-state index contributed by atoms with van der Waals surface area (Å²) in [6.07, 6.45) is 3.10. The van der Waals surface area contributed by atoms with Gasteiger partial charge in [0.25, 0.3) is 0 Å². The molecule has 0 fully saturated rings. The first kappa shape index (κ1) is 18.7. The van der Waals surface area contributed by atoms with Crippen molar-refractivity contribution in [3.63, 3.8) is 0 Å². The van der Waals surface area contributed by atoms with E-state index in [9.17, 15) is 9.59 Å². The summed E-state index contributed by atoms with van der Waals surface area (Å²) in [6, 6.07) is 15.6. The molecule has 0 aliphatic rings. The van der Waals surface area contributed by atoms with E-state index >= 15 is 0 Å². The van der Waals surface area contributed by atoms with E-state index in [1.54, 1.807) is 0 Å². The van der Waals surface area contributed by atoms with Gasteiger partial charge in [0.1, 0.15) is 0 Å². The van der Waals surface area contributed by atoms with Crippen molar-refractivity contribution in [1.82, 2.24) is 10.3 Å². The second-order valence-electron chi connectivity index (χ2n) is 6.98. The second-order valence-corrected chi connectivity index (χ2v) is 6.98. The van der Waals surface area contributed by atoms with E-state index in [1.807, 2.05) is 62.5 Å². The zero-order chi connectivity index (χ0) is 19.2. The van der Waals surface area contributed by atoms with Gasteiger partial charge in [-0.25, -0.2) is 0 Å². The minimum atomic E-state index is -0.0714. The number of aromatic amines is 1.